The molecule has 0 atom stereocenters. The van der Waals surface area contributed by atoms with Crippen LogP contribution < -0.4 is 0 Å². The van der Waals surface area contributed by atoms with Crippen molar-refractivity contribution in [3.63, 3.8) is 0 Å². The van der Waals surface area contributed by atoms with E-state index in [1.165, 1.54) is 4.90 Å². The van der Waals surface area contributed by atoms with Crippen molar-refractivity contribution in [1.82, 2.24) is 9.88 Å². The van der Waals surface area contributed by atoms with Crippen LogP contribution in [0.2, 0.25) is 5.15 Å². The lowest BCUT2D eigenvalue weighted by molar-refractivity contribution is 0.0728. The first-order chi connectivity index (χ1) is 7.97. The van der Waals surface area contributed by atoms with Crippen molar-refractivity contribution in [2.24, 2.45) is 0 Å². The lowest BCUT2D eigenvalue weighted by Crippen LogP contribution is -2.37. The molecule has 1 heterocycles. The molecule has 0 aliphatic carbocycles. The van der Waals surface area contributed by atoms with Crippen LogP contribution in [-0.2, 0) is 0 Å². The van der Waals surface area contributed by atoms with E-state index in [2.05, 4.69) is 11.6 Å². The second-order valence-electron chi connectivity index (χ2n) is 3.83. The van der Waals surface area contributed by atoms with Gasteiger partial charge in [0.2, 0.25) is 0 Å². The Kier molecular flexibility index (Phi) is 4.63. The Morgan fingerprint density at radius 3 is 2.88 bits per heavy atom. The van der Waals surface area contributed by atoms with Gasteiger partial charge in [0.25, 0.3) is 5.91 Å². The van der Waals surface area contributed by atoms with E-state index in [4.69, 9.17) is 11.6 Å². The molecule has 1 aromatic rings. The van der Waals surface area contributed by atoms with Crippen molar-refractivity contribution in [2.45, 2.75) is 19.9 Å². The Morgan fingerprint density at radius 1 is 1.71 bits per heavy atom. The van der Waals surface area contributed by atoms with Gasteiger partial charge in [-0.3, -0.25) is 4.79 Å². The molecule has 0 unspecified atom stereocenters. The summed E-state index contributed by atoms with van der Waals surface area (Å²) in [5.74, 6) is -0.933. The first kappa shape index (κ1) is 13.6. The van der Waals surface area contributed by atoms with E-state index in [0.717, 1.165) is 12.3 Å². The molecule has 1 amide bonds. The maximum atomic E-state index is 13.0. The van der Waals surface area contributed by atoms with Crippen LogP contribution in [0.5, 0.6) is 0 Å². The van der Waals surface area contributed by atoms with Crippen LogP contribution in [0.15, 0.2) is 24.9 Å². The Labute approximate surface area is 105 Å². The highest BCUT2D eigenvalue weighted by Crippen LogP contribution is 2.17. The molecule has 0 bridgehead atoms. The number of rotatable bonds is 4. The molecule has 0 saturated heterocycles. The molecule has 17 heavy (non-hydrogen) atoms. The molecule has 1 rings (SSSR count). The zero-order chi connectivity index (χ0) is 13.0. The number of amides is 1. The lowest BCUT2D eigenvalue weighted by Gasteiger charge is -2.25. The Bertz CT molecular complexity index is 435. The summed E-state index contributed by atoms with van der Waals surface area (Å²) >= 11 is 5.79. The molecular formula is C12H14ClFN2O. The van der Waals surface area contributed by atoms with Gasteiger partial charge in [0.1, 0.15) is 11.0 Å². The van der Waals surface area contributed by atoms with Crippen LogP contribution in [0, 0.1) is 5.82 Å². The fourth-order valence-corrected chi connectivity index (χ4v) is 1.58. The van der Waals surface area contributed by atoms with E-state index in [-0.39, 0.29) is 22.7 Å². The number of hydrogen-bond donors (Lipinski definition) is 0. The third kappa shape index (κ3) is 3.27. The second-order valence-corrected chi connectivity index (χ2v) is 4.19. The van der Waals surface area contributed by atoms with Crippen molar-refractivity contribution in [3.05, 3.63) is 41.5 Å². The monoisotopic (exact) mass is 256 g/mol. The van der Waals surface area contributed by atoms with E-state index in [1.807, 2.05) is 13.8 Å². The van der Waals surface area contributed by atoms with E-state index in [0.29, 0.717) is 6.54 Å². The van der Waals surface area contributed by atoms with Gasteiger partial charge in [0.05, 0.1) is 11.8 Å². The Hall–Kier alpha value is -1.42. The van der Waals surface area contributed by atoms with Gasteiger partial charge in [-0.05, 0) is 19.9 Å². The number of carbonyl (C=O) groups excluding carboxylic acids is 1. The van der Waals surface area contributed by atoms with Crippen molar-refractivity contribution in [1.29, 1.82) is 0 Å². The van der Waals surface area contributed by atoms with Crippen molar-refractivity contribution < 1.29 is 9.18 Å². The highest BCUT2D eigenvalue weighted by atomic mass is 35.5. The summed E-state index contributed by atoms with van der Waals surface area (Å²) < 4.78 is 13.0. The highest BCUT2D eigenvalue weighted by Gasteiger charge is 2.21. The predicted octanol–water partition coefficient (Wildman–Crippen LogP) is 2.91. The van der Waals surface area contributed by atoms with Crippen LogP contribution in [0.3, 0.4) is 0 Å². The molecule has 0 aliphatic rings. The van der Waals surface area contributed by atoms with E-state index >= 15 is 0 Å². The van der Waals surface area contributed by atoms with Gasteiger partial charge in [-0.1, -0.05) is 17.7 Å². The number of hydrogen-bond acceptors (Lipinski definition) is 2. The minimum atomic E-state index is -0.583. The van der Waals surface area contributed by atoms with Gasteiger partial charge in [-0.2, -0.15) is 0 Å². The summed E-state index contributed by atoms with van der Waals surface area (Å²) in [6.07, 6.45) is 2.59. The van der Waals surface area contributed by atoms with E-state index in [9.17, 15) is 9.18 Å². The molecule has 0 saturated carbocycles. The molecule has 0 N–H and O–H groups in total. The number of aromatic nitrogens is 1. The molecule has 0 fully saturated rings. The van der Waals surface area contributed by atoms with E-state index < -0.39 is 5.82 Å². The zero-order valence-electron chi connectivity index (χ0n) is 9.78. The molecular weight excluding hydrogens is 243 g/mol. The topological polar surface area (TPSA) is 33.2 Å². The molecule has 5 heteroatoms. The van der Waals surface area contributed by atoms with Gasteiger partial charge >= 0.3 is 0 Å². The predicted molar refractivity (Wildman–Crippen MR) is 65.6 cm³/mol. The lowest BCUT2D eigenvalue weighted by atomic mass is 10.2. The molecule has 92 valence electrons. The third-order valence-corrected chi connectivity index (χ3v) is 2.55. The fraction of sp³-hybridized carbons (Fsp3) is 0.333. The number of carbonyl (C=O) groups is 1. The Morgan fingerprint density at radius 2 is 2.35 bits per heavy atom. The summed E-state index contributed by atoms with van der Waals surface area (Å²) in [4.78, 5) is 17.3. The van der Waals surface area contributed by atoms with Crippen molar-refractivity contribution in [3.8, 4) is 0 Å². The van der Waals surface area contributed by atoms with Crippen LogP contribution in [0.4, 0.5) is 4.39 Å². The SMILES string of the molecule is C=CCN(C(=O)c1cc(F)cnc1Cl)C(C)C. The maximum absolute atomic E-state index is 13.0. The number of nitrogens with zero attached hydrogens (tertiary/aromatic N) is 2. The summed E-state index contributed by atoms with van der Waals surface area (Å²) in [5, 5.41) is 0.00566. The minimum Gasteiger partial charge on any atom is -0.332 e. The summed E-state index contributed by atoms with van der Waals surface area (Å²) in [5.41, 5.74) is 0.0715. The van der Waals surface area contributed by atoms with Gasteiger partial charge in [-0.25, -0.2) is 9.37 Å². The summed E-state index contributed by atoms with van der Waals surface area (Å²) in [7, 11) is 0. The van der Waals surface area contributed by atoms with Crippen molar-refractivity contribution >= 4 is 17.5 Å². The molecule has 3 nitrogen and oxygen atoms in total. The fourth-order valence-electron chi connectivity index (χ4n) is 1.39. The van der Waals surface area contributed by atoms with Crippen molar-refractivity contribution in [2.75, 3.05) is 6.54 Å². The summed E-state index contributed by atoms with van der Waals surface area (Å²) in [6, 6.07) is 1.07. The number of halogens is 2. The van der Waals surface area contributed by atoms with Gasteiger partial charge in [0.15, 0.2) is 0 Å². The average molecular weight is 257 g/mol. The van der Waals surface area contributed by atoms with Gasteiger partial charge in [0, 0.05) is 12.6 Å². The highest BCUT2D eigenvalue weighted by molar-refractivity contribution is 6.32. The van der Waals surface area contributed by atoms with Gasteiger partial charge in [-0.15, -0.1) is 6.58 Å². The normalized spacial score (nSPS) is 10.4. The molecule has 0 spiro atoms. The molecule has 0 aromatic carbocycles. The van der Waals surface area contributed by atoms with Crippen LogP contribution in [0.1, 0.15) is 24.2 Å². The Balaban J connectivity index is 3.08. The second kappa shape index (κ2) is 5.77. The zero-order valence-corrected chi connectivity index (χ0v) is 10.5. The molecule has 1 aromatic heterocycles. The molecule has 0 radical (unpaired) electrons. The summed E-state index contributed by atoms with van der Waals surface area (Å²) in [6.45, 7) is 7.69. The third-order valence-electron chi connectivity index (χ3n) is 2.25. The molecule has 0 aliphatic heterocycles. The smallest absolute Gasteiger partial charge is 0.257 e. The quantitative estimate of drug-likeness (QED) is 0.613. The van der Waals surface area contributed by atoms with Crippen LogP contribution in [-0.4, -0.2) is 28.4 Å². The number of pyridine rings is 1. The first-order valence-electron chi connectivity index (χ1n) is 5.20. The maximum Gasteiger partial charge on any atom is 0.257 e. The standard InChI is InChI=1S/C12H14ClFN2O/c1-4-5-16(8(2)3)12(17)10-6-9(14)7-15-11(10)13/h4,6-8H,1,5H2,2-3H3. The largest absolute Gasteiger partial charge is 0.332 e. The van der Waals surface area contributed by atoms with Crippen LogP contribution in [0.25, 0.3) is 0 Å². The van der Waals surface area contributed by atoms with E-state index in [1.54, 1.807) is 6.08 Å². The van der Waals surface area contributed by atoms with Crippen LogP contribution >= 0.6 is 11.6 Å². The minimum absolute atomic E-state index is 0.00566. The average Bonchev–Trinajstić information content (AvgIpc) is 2.28. The van der Waals surface area contributed by atoms with Gasteiger partial charge < -0.3 is 4.90 Å². The first-order valence-corrected chi connectivity index (χ1v) is 5.58.